The molecule has 0 heterocycles. The highest BCUT2D eigenvalue weighted by atomic mass is 32.2. The van der Waals surface area contributed by atoms with Crippen LogP contribution in [-0.4, -0.2) is 26.4 Å². The first kappa shape index (κ1) is 18.9. The molecule has 1 aromatic rings. The highest BCUT2D eigenvalue weighted by Gasteiger charge is 2.26. The number of sulfonamides is 1. The summed E-state index contributed by atoms with van der Waals surface area (Å²) in [6, 6.07) is 3.83. The van der Waals surface area contributed by atoms with Crippen molar-refractivity contribution in [3.05, 3.63) is 30.1 Å². The SMILES string of the molecule is CCC(NS(=O)(=O)c1ccc(F)cc1)C(=O)NC1CCCCCC1. The van der Waals surface area contributed by atoms with E-state index >= 15 is 0 Å². The van der Waals surface area contributed by atoms with Crippen LogP contribution >= 0.6 is 0 Å². The zero-order chi connectivity index (χ0) is 17.6. The lowest BCUT2D eigenvalue weighted by atomic mass is 10.1. The third-order valence-corrected chi connectivity index (χ3v) is 5.84. The van der Waals surface area contributed by atoms with E-state index in [1.165, 1.54) is 25.0 Å². The second-order valence-electron chi connectivity index (χ2n) is 6.23. The molecule has 0 spiro atoms. The molecule has 2 N–H and O–H groups in total. The van der Waals surface area contributed by atoms with Gasteiger partial charge < -0.3 is 5.32 Å². The number of hydrogen-bond acceptors (Lipinski definition) is 3. The maximum Gasteiger partial charge on any atom is 0.241 e. The van der Waals surface area contributed by atoms with Crippen LogP contribution in [0.25, 0.3) is 0 Å². The van der Waals surface area contributed by atoms with Gasteiger partial charge in [-0.15, -0.1) is 0 Å². The smallest absolute Gasteiger partial charge is 0.241 e. The Bertz CT molecular complexity index is 638. The van der Waals surface area contributed by atoms with Gasteiger partial charge in [0.2, 0.25) is 15.9 Å². The molecule has 1 aromatic carbocycles. The van der Waals surface area contributed by atoms with Crippen LogP contribution in [0.5, 0.6) is 0 Å². The summed E-state index contributed by atoms with van der Waals surface area (Å²) in [5.74, 6) is -0.804. The van der Waals surface area contributed by atoms with E-state index in [1.807, 2.05) is 0 Å². The van der Waals surface area contributed by atoms with Gasteiger partial charge in [-0.25, -0.2) is 12.8 Å². The molecule has 5 nitrogen and oxygen atoms in total. The van der Waals surface area contributed by atoms with Gasteiger partial charge in [-0.1, -0.05) is 32.6 Å². The van der Waals surface area contributed by atoms with Crippen LogP contribution in [0.3, 0.4) is 0 Å². The molecule has 0 aromatic heterocycles. The summed E-state index contributed by atoms with van der Waals surface area (Å²) in [5, 5.41) is 2.97. The quantitative estimate of drug-likeness (QED) is 0.770. The minimum atomic E-state index is -3.86. The van der Waals surface area contributed by atoms with Gasteiger partial charge in [0.05, 0.1) is 4.90 Å². The van der Waals surface area contributed by atoms with Crippen molar-refractivity contribution in [3.8, 4) is 0 Å². The summed E-state index contributed by atoms with van der Waals surface area (Å²) < 4.78 is 40.1. The fraction of sp³-hybridized carbons (Fsp3) is 0.588. The lowest BCUT2D eigenvalue weighted by Gasteiger charge is -2.21. The lowest BCUT2D eigenvalue weighted by Crippen LogP contribution is -2.49. The molecule has 1 aliphatic rings. The number of hydrogen-bond donors (Lipinski definition) is 2. The molecule has 0 saturated heterocycles. The zero-order valence-corrected chi connectivity index (χ0v) is 14.7. The van der Waals surface area contributed by atoms with Crippen molar-refractivity contribution >= 4 is 15.9 Å². The lowest BCUT2D eigenvalue weighted by molar-refractivity contribution is -0.123. The Morgan fingerprint density at radius 2 is 1.75 bits per heavy atom. The Balaban J connectivity index is 2.01. The second-order valence-corrected chi connectivity index (χ2v) is 7.95. The van der Waals surface area contributed by atoms with Crippen molar-refractivity contribution in [2.75, 3.05) is 0 Å². The van der Waals surface area contributed by atoms with Crippen LogP contribution in [-0.2, 0) is 14.8 Å². The molecule has 24 heavy (non-hydrogen) atoms. The number of rotatable bonds is 6. The average Bonchev–Trinajstić information content (AvgIpc) is 2.81. The van der Waals surface area contributed by atoms with E-state index in [1.54, 1.807) is 6.92 Å². The third kappa shape index (κ3) is 5.27. The van der Waals surface area contributed by atoms with Gasteiger partial charge in [0.25, 0.3) is 0 Å². The van der Waals surface area contributed by atoms with Crippen LogP contribution in [0.2, 0.25) is 0 Å². The molecule has 1 unspecified atom stereocenters. The van der Waals surface area contributed by atoms with Gasteiger partial charge in [-0.3, -0.25) is 4.79 Å². The van der Waals surface area contributed by atoms with Gasteiger partial charge >= 0.3 is 0 Å². The monoisotopic (exact) mass is 356 g/mol. The first-order valence-electron chi connectivity index (χ1n) is 8.50. The van der Waals surface area contributed by atoms with Crippen molar-refractivity contribution in [2.24, 2.45) is 0 Å². The first-order valence-corrected chi connectivity index (χ1v) is 9.99. The number of amides is 1. The second kappa shape index (κ2) is 8.58. The molecule has 0 bridgehead atoms. The summed E-state index contributed by atoms with van der Waals surface area (Å²) in [7, 11) is -3.86. The molecule has 134 valence electrons. The Kier molecular flexibility index (Phi) is 6.74. The van der Waals surface area contributed by atoms with Crippen LogP contribution in [0.4, 0.5) is 4.39 Å². The van der Waals surface area contributed by atoms with Crippen molar-refractivity contribution in [2.45, 2.75) is 68.8 Å². The van der Waals surface area contributed by atoms with E-state index in [2.05, 4.69) is 10.0 Å². The molecule has 2 rings (SSSR count). The van der Waals surface area contributed by atoms with Crippen molar-refractivity contribution in [3.63, 3.8) is 0 Å². The molecule has 1 saturated carbocycles. The van der Waals surface area contributed by atoms with E-state index in [4.69, 9.17) is 0 Å². The Morgan fingerprint density at radius 3 is 2.29 bits per heavy atom. The summed E-state index contributed by atoms with van der Waals surface area (Å²) in [5.41, 5.74) is 0. The van der Waals surface area contributed by atoms with Crippen LogP contribution in [0.15, 0.2) is 29.2 Å². The molecule has 1 amide bonds. The third-order valence-electron chi connectivity index (χ3n) is 4.35. The maximum atomic E-state index is 12.9. The van der Waals surface area contributed by atoms with Crippen LogP contribution < -0.4 is 10.0 Å². The van der Waals surface area contributed by atoms with Gasteiger partial charge in [0, 0.05) is 6.04 Å². The first-order chi connectivity index (χ1) is 11.4. The zero-order valence-electron chi connectivity index (χ0n) is 13.9. The minimum absolute atomic E-state index is 0.0513. The molecule has 1 atom stereocenters. The number of benzene rings is 1. The molecular formula is C17H25FN2O3S. The fourth-order valence-corrected chi connectivity index (χ4v) is 4.20. The van der Waals surface area contributed by atoms with E-state index in [-0.39, 0.29) is 16.8 Å². The number of nitrogens with one attached hydrogen (secondary N) is 2. The van der Waals surface area contributed by atoms with Gasteiger partial charge in [0.1, 0.15) is 11.9 Å². The average molecular weight is 356 g/mol. The van der Waals surface area contributed by atoms with Crippen molar-refractivity contribution in [1.29, 1.82) is 0 Å². The predicted octanol–water partition coefficient (Wildman–Crippen LogP) is 2.72. The fourth-order valence-electron chi connectivity index (χ4n) is 2.92. The van der Waals surface area contributed by atoms with E-state index in [0.29, 0.717) is 6.42 Å². The molecule has 1 aliphatic carbocycles. The number of carbonyl (C=O) groups excluding carboxylic acids is 1. The molecule has 7 heteroatoms. The Morgan fingerprint density at radius 1 is 1.17 bits per heavy atom. The number of carbonyl (C=O) groups is 1. The van der Waals surface area contributed by atoms with Crippen LogP contribution in [0.1, 0.15) is 51.9 Å². The van der Waals surface area contributed by atoms with Gasteiger partial charge in [-0.05, 0) is 43.5 Å². The summed E-state index contributed by atoms with van der Waals surface area (Å²) in [6.45, 7) is 1.75. The predicted molar refractivity (Wildman–Crippen MR) is 90.4 cm³/mol. The normalized spacial score (nSPS) is 17.9. The summed E-state index contributed by atoms with van der Waals surface area (Å²) >= 11 is 0. The van der Waals surface area contributed by atoms with Crippen molar-refractivity contribution < 1.29 is 17.6 Å². The topological polar surface area (TPSA) is 75.3 Å². The van der Waals surface area contributed by atoms with E-state index < -0.39 is 21.9 Å². The summed E-state index contributed by atoms with van der Waals surface area (Å²) in [4.78, 5) is 12.4. The number of halogens is 1. The molecular weight excluding hydrogens is 331 g/mol. The Hall–Kier alpha value is -1.47. The largest absolute Gasteiger partial charge is 0.352 e. The van der Waals surface area contributed by atoms with Crippen molar-refractivity contribution in [1.82, 2.24) is 10.0 Å². The van der Waals surface area contributed by atoms with Gasteiger partial charge in [-0.2, -0.15) is 4.72 Å². The molecule has 0 radical (unpaired) electrons. The maximum absolute atomic E-state index is 12.9. The van der Waals surface area contributed by atoms with Gasteiger partial charge in [0.15, 0.2) is 0 Å². The minimum Gasteiger partial charge on any atom is -0.352 e. The Labute approximate surface area is 143 Å². The molecule has 0 aliphatic heterocycles. The van der Waals surface area contributed by atoms with E-state index in [9.17, 15) is 17.6 Å². The standard InChI is InChI=1S/C17H25FN2O3S/c1-2-16(17(21)19-14-7-5-3-4-6-8-14)20-24(22,23)15-11-9-13(18)10-12-15/h9-12,14,16,20H,2-8H2,1H3,(H,19,21). The van der Waals surface area contributed by atoms with Crippen LogP contribution in [0, 0.1) is 5.82 Å². The summed E-state index contributed by atoms with van der Waals surface area (Å²) in [6.07, 6.45) is 6.76. The molecule has 1 fully saturated rings. The van der Waals surface area contributed by atoms with E-state index in [0.717, 1.165) is 37.8 Å². The highest BCUT2D eigenvalue weighted by molar-refractivity contribution is 7.89. The highest BCUT2D eigenvalue weighted by Crippen LogP contribution is 2.17.